The molecule has 1 aliphatic carbocycles. The number of rotatable bonds is 7. The number of methoxy groups -OCH3 is 1. The van der Waals surface area contributed by atoms with E-state index < -0.39 is 5.41 Å². The molecule has 11 heteroatoms. The van der Waals surface area contributed by atoms with Gasteiger partial charge in [0.05, 0.1) is 30.5 Å². The molecule has 3 heterocycles. The molecular weight excluding hydrogens is 440 g/mol. The van der Waals surface area contributed by atoms with Crippen molar-refractivity contribution in [1.29, 1.82) is 0 Å². The number of aromatic nitrogens is 2. The van der Waals surface area contributed by atoms with Crippen LogP contribution in [0.2, 0.25) is 0 Å². The van der Waals surface area contributed by atoms with Crippen LogP contribution in [0.25, 0.3) is 0 Å². The summed E-state index contributed by atoms with van der Waals surface area (Å²) in [5.74, 6) is 0.523. The van der Waals surface area contributed by atoms with Crippen LogP contribution in [0.5, 0.6) is 5.75 Å². The van der Waals surface area contributed by atoms with Gasteiger partial charge in [0.2, 0.25) is 11.9 Å². The fraction of sp³-hybridized carbons (Fsp3) is 0.435. The molecule has 0 atom stereocenters. The first-order valence-corrected chi connectivity index (χ1v) is 11.1. The van der Waals surface area contributed by atoms with E-state index in [2.05, 4.69) is 30.8 Å². The first-order chi connectivity index (χ1) is 16.4. The van der Waals surface area contributed by atoms with E-state index in [1.807, 2.05) is 12.1 Å². The summed E-state index contributed by atoms with van der Waals surface area (Å²) in [5.41, 5.74) is 1.17. The zero-order valence-corrected chi connectivity index (χ0v) is 19.0. The van der Waals surface area contributed by atoms with Crippen molar-refractivity contribution in [2.75, 3.05) is 56.0 Å². The van der Waals surface area contributed by atoms with Crippen molar-refractivity contribution >= 4 is 40.7 Å². The van der Waals surface area contributed by atoms with Crippen LogP contribution < -0.4 is 25.6 Å². The highest BCUT2D eigenvalue weighted by molar-refractivity contribution is 6.00. The third-order valence-corrected chi connectivity index (χ3v) is 6.43. The Morgan fingerprint density at radius 3 is 2.71 bits per heavy atom. The Balaban J connectivity index is 1.43. The van der Waals surface area contributed by atoms with Gasteiger partial charge in [-0.3, -0.25) is 19.7 Å². The van der Waals surface area contributed by atoms with Crippen LogP contribution in [0.4, 0.5) is 23.1 Å². The minimum absolute atomic E-state index is 0.00706. The van der Waals surface area contributed by atoms with Crippen molar-refractivity contribution in [3.8, 4) is 5.75 Å². The number of carbonyl (C=O) groups is 3. The molecule has 1 aromatic carbocycles. The van der Waals surface area contributed by atoms with E-state index in [-0.39, 0.29) is 47.5 Å². The number of amides is 2. The van der Waals surface area contributed by atoms with E-state index in [9.17, 15) is 14.4 Å². The lowest BCUT2D eigenvalue weighted by atomic mass is 9.78. The fourth-order valence-corrected chi connectivity index (χ4v) is 4.31. The van der Waals surface area contributed by atoms with Crippen LogP contribution in [0.15, 0.2) is 24.4 Å². The lowest BCUT2D eigenvalue weighted by Gasteiger charge is -2.47. The molecule has 2 aromatic rings. The molecule has 1 saturated carbocycles. The fourth-order valence-electron chi connectivity index (χ4n) is 4.31. The quantitative estimate of drug-likeness (QED) is 0.552. The molecule has 3 N–H and O–H groups in total. The predicted octanol–water partition coefficient (Wildman–Crippen LogP) is 1.34. The lowest BCUT2D eigenvalue weighted by molar-refractivity contribution is -0.125. The smallest absolute Gasteiger partial charge is 0.256 e. The molecule has 0 unspecified atom stereocenters. The summed E-state index contributed by atoms with van der Waals surface area (Å²) in [4.78, 5) is 47.4. The second-order valence-corrected chi connectivity index (χ2v) is 8.83. The summed E-state index contributed by atoms with van der Waals surface area (Å²) < 4.78 is 11.1. The molecule has 178 valence electrons. The highest BCUT2D eigenvalue weighted by Crippen LogP contribution is 2.45. The summed E-state index contributed by atoms with van der Waals surface area (Å²) in [6, 6.07) is 5.58. The summed E-state index contributed by atoms with van der Waals surface area (Å²) in [7, 11) is 3.08. The van der Waals surface area contributed by atoms with Crippen LogP contribution in [0.1, 0.15) is 23.2 Å². The monoisotopic (exact) mass is 466 g/mol. The van der Waals surface area contributed by atoms with Crippen LogP contribution in [0, 0.1) is 11.3 Å². The van der Waals surface area contributed by atoms with E-state index in [0.29, 0.717) is 31.1 Å². The van der Waals surface area contributed by atoms with Crippen LogP contribution in [-0.4, -0.2) is 68.0 Å². The van der Waals surface area contributed by atoms with Crippen molar-refractivity contribution in [2.45, 2.75) is 12.8 Å². The van der Waals surface area contributed by atoms with Crippen LogP contribution in [0.3, 0.4) is 0 Å². The first kappa shape index (κ1) is 22.1. The molecule has 34 heavy (non-hydrogen) atoms. The van der Waals surface area contributed by atoms with Gasteiger partial charge in [-0.15, -0.1) is 0 Å². The van der Waals surface area contributed by atoms with Gasteiger partial charge >= 0.3 is 0 Å². The van der Waals surface area contributed by atoms with E-state index >= 15 is 0 Å². The highest BCUT2D eigenvalue weighted by atomic mass is 16.5. The zero-order valence-electron chi connectivity index (χ0n) is 19.0. The number of hydrogen-bond acceptors (Lipinski definition) is 9. The van der Waals surface area contributed by atoms with E-state index in [0.717, 1.165) is 18.5 Å². The zero-order chi connectivity index (χ0) is 23.9. The Morgan fingerprint density at radius 2 is 2.06 bits per heavy atom. The van der Waals surface area contributed by atoms with Crippen LogP contribution in [-0.2, 0) is 14.3 Å². The average Bonchev–Trinajstić information content (AvgIpc) is 3.59. The van der Waals surface area contributed by atoms with Gasteiger partial charge in [-0.2, -0.15) is 4.98 Å². The largest absolute Gasteiger partial charge is 0.492 e. The number of nitrogens with zero attached hydrogens (tertiary/aromatic N) is 3. The second-order valence-electron chi connectivity index (χ2n) is 8.83. The number of anilines is 4. The molecule has 3 fully saturated rings. The molecule has 1 aromatic heterocycles. The molecule has 0 radical (unpaired) electrons. The summed E-state index contributed by atoms with van der Waals surface area (Å²) in [5, 5.41) is 8.45. The van der Waals surface area contributed by atoms with Gasteiger partial charge in [-0.1, -0.05) is 6.07 Å². The number of ether oxygens (including phenoxy) is 2. The number of Topliss-reactive ketones (excluding diaryl/α,β-unsaturated/α-hetero) is 1. The van der Waals surface area contributed by atoms with Crippen molar-refractivity contribution in [2.24, 2.45) is 11.3 Å². The van der Waals surface area contributed by atoms with Gasteiger partial charge in [-0.05, 0) is 25.0 Å². The predicted molar refractivity (Wildman–Crippen MR) is 124 cm³/mol. The van der Waals surface area contributed by atoms with E-state index in [1.165, 1.54) is 13.2 Å². The van der Waals surface area contributed by atoms with Gasteiger partial charge in [-0.25, -0.2) is 4.98 Å². The lowest BCUT2D eigenvalue weighted by Crippen LogP contribution is -2.60. The number of nitrogens with one attached hydrogen (secondary N) is 3. The number of benzene rings is 1. The van der Waals surface area contributed by atoms with E-state index in [4.69, 9.17) is 9.47 Å². The van der Waals surface area contributed by atoms with Gasteiger partial charge < -0.3 is 25.0 Å². The van der Waals surface area contributed by atoms with Gasteiger partial charge in [0.1, 0.15) is 18.0 Å². The number of carbonyl (C=O) groups excluding carboxylic acids is 3. The standard InChI is InChI=1S/C23H26N6O5/c1-24-21(32)14-8-25-22(28-20(31)13-6-7-13)27-19(14)26-15-4-3-5-16(18(15)33-2)29-10-23(11-29)12-34-9-17(23)30/h3-5,8,13H,6-7,9-12H2,1-2H3,(H,24,32)(H2,25,26,27,28,31). The third-order valence-electron chi connectivity index (χ3n) is 6.43. The minimum atomic E-state index is -0.442. The Hall–Kier alpha value is -3.73. The number of para-hydroxylation sites is 1. The second kappa shape index (κ2) is 8.56. The highest BCUT2D eigenvalue weighted by Gasteiger charge is 2.53. The van der Waals surface area contributed by atoms with Crippen molar-refractivity contribution in [3.63, 3.8) is 0 Å². The first-order valence-electron chi connectivity index (χ1n) is 11.1. The Bertz CT molecular complexity index is 1160. The number of hydrogen-bond donors (Lipinski definition) is 3. The molecule has 2 aliphatic heterocycles. The molecule has 0 bridgehead atoms. The summed E-state index contributed by atoms with van der Waals surface area (Å²) >= 11 is 0. The van der Waals surface area contributed by atoms with Gasteiger partial charge in [0.25, 0.3) is 5.91 Å². The maximum absolute atomic E-state index is 12.4. The molecule has 1 spiro atoms. The topological polar surface area (TPSA) is 135 Å². The maximum Gasteiger partial charge on any atom is 0.256 e. The van der Waals surface area contributed by atoms with Crippen molar-refractivity contribution in [1.82, 2.24) is 15.3 Å². The summed E-state index contributed by atoms with van der Waals surface area (Å²) in [6.45, 7) is 1.72. The van der Waals surface area contributed by atoms with Crippen molar-refractivity contribution < 1.29 is 23.9 Å². The molecular formula is C23H26N6O5. The molecule has 3 aliphatic rings. The van der Waals surface area contributed by atoms with E-state index in [1.54, 1.807) is 13.2 Å². The average molecular weight is 466 g/mol. The Morgan fingerprint density at radius 1 is 1.26 bits per heavy atom. The molecule has 2 amide bonds. The molecule has 11 nitrogen and oxygen atoms in total. The maximum atomic E-state index is 12.4. The SMILES string of the molecule is CNC(=O)c1cnc(NC(=O)C2CC2)nc1Nc1cccc(N2CC3(COCC3=O)C2)c1OC. The van der Waals surface area contributed by atoms with Crippen molar-refractivity contribution in [3.05, 3.63) is 30.0 Å². The minimum Gasteiger partial charge on any atom is -0.492 e. The van der Waals surface area contributed by atoms with Gasteiger partial charge in [0, 0.05) is 32.3 Å². The van der Waals surface area contributed by atoms with Gasteiger partial charge in [0.15, 0.2) is 11.5 Å². The Kier molecular flexibility index (Phi) is 5.56. The molecule has 2 saturated heterocycles. The molecule has 5 rings (SSSR count). The Labute approximate surface area is 196 Å². The normalized spacial score (nSPS) is 18.4. The number of ketones is 1. The third kappa shape index (κ3) is 3.92. The van der Waals surface area contributed by atoms with Crippen LogP contribution >= 0.6 is 0 Å². The summed E-state index contributed by atoms with van der Waals surface area (Å²) in [6.07, 6.45) is 3.08.